The first kappa shape index (κ1) is 20.0. The Morgan fingerprint density at radius 1 is 1.21 bits per heavy atom. The van der Waals surface area contributed by atoms with Crippen LogP contribution >= 0.6 is 0 Å². The van der Waals surface area contributed by atoms with Crippen LogP contribution in [0.5, 0.6) is 0 Å². The van der Waals surface area contributed by atoms with Crippen molar-refractivity contribution in [3.05, 3.63) is 59.1 Å². The molecule has 0 saturated heterocycles. The minimum atomic E-state index is -1.42. The van der Waals surface area contributed by atoms with E-state index in [0.717, 1.165) is 31.2 Å². The number of allylic oxidation sites excluding steroid dienone is 4. The molecule has 0 bridgehead atoms. The van der Waals surface area contributed by atoms with Gasteiger partial charge in [0.15, 0.2) is 5.60 Å². The summed E-state index contributed by atoms with van der Waals surface area (Å²) in [5, 5.41) is 20.0. The molecule has 1 unspecified atom stereocenters. The fourth-order valence-electron chi connectivity index (χ4n) is 2.37. The molecule has 0 aliphatic carbocycles. The number of hydrogen-bond acceptors (Lipinski definition) is 3. The number of rotatable bonds is 9. The molecule has 0 aromatic carbocycles. The molecule has 0 amide bonds. The maximum Gasteiger partial charge on any atom is 0.175 e. The Labute approximate surface area is 146 Å². The highest BCUT2D eigenvalue weighted by Crippen LogP contribution is 2.23. The summed E-state index contributed by atoms with van der Waals surface area (Å²) in [6.45, 7) is 8.05. The van der Waals surface area contributed by atoms with E-state index in [-0.39, 0.29) is 0 Å². The number of nitrogens with zero attached hydrogens (tertiary/aromatic N) is 1. The van der Waals surface area contributed by atoms with Crippen molar-refractivity contribution in [3.63, 3.8) is 0 Å². The molecule has 130 valence electrons. The zero-order valence-electron chi connectivity index (χ0n) is 15.3. The van der Waals surface area contributed by atoms with Crippen LogP contribution in [0.2, 0.25) is 0 Å². The van der Waals surface area contributed by atoms with E-state index in [1.807, 2.05) is 25.1 Å². The SMILES string of the molecule is CC(C)=CCC/C(C)=C/CC(O)(C#N)/C(C)=C/CCc1ccoc1. The van der Waals surface area contributed by atoms with Gasteiger partial charge < -0.3 is 9.52 Å². The molecule has 0 spiro atoms. The fraction of sp³-hybridized carbons (Fsp3) is 0.476. The van der Waals surface area contributed by atoms with Gasteiger partial charge in [-0.3, -0.25) is 0 Å². The highest BCUT2D eigenvalue weighted by molar-refractivity contribution is 5.27. The lowest BCUT2D eigenvalue weighted by Crippen LogP contribution is -2.27. The van der Waals surface area contributed by atoms with Crippen LogP contribution in [0.25, 0.3) is 0 Å². The molecule has 3 heteroatoms. The Bertz CT molecular complexity index is 625. The van der Waals surface area contributed by atoms with Crippen molar-refractivity contribution in [1.82, 2.24) is 0 Å². The molecular formula is C21H29NO2. The smallest absolute Gasteiger partial charge is 0.175 e. The summed E-state index contributed by atoms with van der Waals surface area (Å²) in [6.07, 6.45) is 13.4. The Balaban J connectivity index is 2.60. The van der Waals surface area contributed by atoms with Crippen molar-refractivity contribution in [3.8, 4) is 6.07 Å². The monoisotopic (exact) mass is 327 g/mol. The van der Waals surface area contributed by atoms with E-state index in [1.54, 1.807) is 12.5 Å². The predicted octanol–water partition coefficient (Wildman–Crippen LogP) is 5.50. The summed E-state index contributed by atoms with van der Waals surface area (Å²) >= 11 is 0. The summed E-state index contributed by atoms with van der Waals surface area (Å²) in [5.74, 6) is 0. The van der Waals surface area contributed by atoms with Crippen molar-refractivity contribution < 1.29 is 9.52 Å². The molecule has 1 rings (SSSR count). The highest BCUT2D eigenvalue weighted by atomic mass is 16.3. The minimum Gasteiger partial charge on any atom is -0.472 e. The second-order valence-corrected chi connectivity index (χ2v) is 6.60. The van der Waals surface area contributed by atoms with E-state index in [2.05, 4.69) is 32.9 Å². The van der Waals surface area contributed by atoms with Crippen molar-refractivity contribution in [2.75, 3.05) is 0 Å². The second-order valence-electron chi connectivity index (χ2n) is 6.60. The minimum absolute atomic E-state index is 0.332. The van der Waals surface area contributed by atoms with Crippen molar-refractivity contribution in [2.45, 2.75) is 65.4 Å². The lowest BCUT2D eigenvalue weighted by molar-refractivity contribution is 0.140. The standard InChI is InChI=1S/C21H29NO2/c1-17(2)7-5-8-18(3)11-13-21(23,16-22)19(4)9-6-10-20-12-14-24-15-20/h7,9,11-12,14-15,23H,5-6,8,10,13H2,1-4H3/b18-11+,19-9+. The van der Waals surface area contributed by atoms with Crippen LogP contribution in [0.1, 0.15) is 58.9 Å². The second kappa shape index (κ2) is 9.95. The van der Waals surface area contributed by atoms with Gasteiger partial charge in [-0.25, -0.2) is 0 Å². The summed E-state index contributed by atoms with van der Waals surface area (Å²) in [4.78, 5) is 0. The van der Waals surface area contributed by atoms with Gasteiger partial charge >= 0.3 is 0 Å². The Morgan fingerprint density at radius 2 is 1.96 bits per heavy atom. The molecule has 1 aromatic rings. The van der Waals surface area contributed by atoms with Crippen molar-refractivity contribution in [1.29, 1.82) is 5.26 Å². The van der Waals surface area contributed by atoms with Gasteiger partial charge in [-0.2, -0.15) is 5.26 Å². The molecule has 0 aliphatic rings. The number of aryl methyl sites for hydroxylation is 1. The summed E-state index contributed by atoms with van der Waals surface area (Å²) < 4.78 is 5.04. The van der Waals surface area contributed by atoms with Gasteiger partial charge in [-0.05, 0) is 70.6 Å². The van der Waals surface area contributed by atoms with Crippen LogP contribution in [-0.2, 0) is 6.42 Å². The first-order valence-corrected chi connectivity index (χ1v) is 8.48. The topological polar surface area (TPSA) is 57.2 Å². The molecule has 0 fully saturated rings. The fourth-order valence-corrected chi connectivity index (χ4v) is 2.37. The van der Waals surface area contributed by atoms with Gasteiger partial charge in [0.2, 0.25) is 0 Å². The number of nitriles is 1. The maximum absolute atomic E-state index is 10.6. The van der Waals surface area contributed by atoms with E-state index in [1.165, 1.54) is 11.1 Å². The quantitative estimate of drug-likeness (QED) is 0.481. The average Bonchev–Trinajstić information content (AvgIpc) is 3.05. The summed E-state index contributed by atoms with van der Waals surface area (Å²) in [6, 6.07) is 3.99. The van der Waals surface area contributed by atoms with Gasteiger partial charge in [-0.15, -0.1) is 0 Å². The van der Waals surface area contributed by atoms with Gasteiger partial charge in [0.05, 0.1) is 12.5 Å². The summed E-state index contributed by atoms with van der Waals surface area (Å²) in [7, 11) is 0. The van der Waals surface area contributed by atoms with Crippen LogP contribution in [-0.4, -0.2) is 10.7 Å². The Morgan fingerprint density at radius 3 is 2.54 bits per heavy atom. The van der Waals surface area contributed by atoms with Gasteiger partial charge in [-0.1, -0.05) is 29.4 Å². The third kappa shape index (κ3) is 7.02. The Kier molecular flexibility index (Phi) is 8.29. The number of furan rings is 1. The predicted molar refractivity (Wildman–Crippen MR) is 98.4 cm³/mol. The molecule has 0 saturated carbocycles. The molecule has 1 N–H and O–H groups in total. The van der Waals surface area contributed by atoms with Gasteiger partial charge in [0.25, 0.3) is 0 Å². The summed E-state index contributed by atoms with van der Waals surface area (Å²) in [5.41, 5.74) is 2.92. The van der Waals surface area contributed by atoms with Crippen molar-refractivity contribution >= 4 is 0 Å². The molecular weight excluding hydrogens is 298 g/mol. The van der Waals surface area contributed by atoms with Gasteiger partial charge in [0.1, 0.15) is 6.07 Å². The van der Waals surface area contributed by atoms with Crippen LogP contribution in [0.4, 0.5) is 0 Å². The van der Waals surface area contributed by atoms with Gasteiger partial charge in [0, 0.05) is 6.42 Å². The van der Waals surface area contributed by atoms with E-state index < -0.39 is 5.60 Å². The molecule has 1 aromatic heterocycles. The molecule has 24 heavy (non-hydrogen) atoms. The lowest BCUT2D eigenvalue weighted by atomic mass is 9.90. The lowest BCUT2D eigenvalue weighted by Gasteiger charge is -2.20. The number of aliphatic hydroxyl groups is 1. The van der Waals surface area contributed by atoms with Crippen LogP contribution in [0, 0.1) is 11.3 Å². The number of hydrogen-bond donors (Lipinski definition) is 1. The highest BCUT2D eigenvalue weighted by Gasteiger charge is 2.27. The van der Waals surface area contributed by atoms with E-state index in [0.29, 0.717) is 12.0 Å². The van der Waals surface area contributed by atoms with E-state index >= 15 is 0 Å². The van der Waals surface area contributed by atoms with E-state index in [9.17, 15) is 10.4 Å². The average molecular weight is 327 g/mol. The first-order valence-electron chi connectivity index (χ1n) is 8.48. The molecule has 1 heterocycles. The largest absolute Gasteiger partial charge is 0.472 e. The van der Waals surface area contributed by atoms with Crippen LogP contribution in [0.15, 0.2) is 58.0 Å². The van der Waals surface area contributed by atoms with Crippen LogP contribution in [0.3, 0.4) is 0 Å². The van der Waals surface area contributed by atoms with Crippen molar-refractivity contribution in [2.24, 2.45) is 0 Å². The Hall–Kier alpha value is -2.05. The zero-order chi connectivity index (χ0) is 18.0. The molecule has 0 radical (unpaired) electrons. The van der Waals surface area contributed by atoms with Crippen LogP contribution < -0.4 is 0 Å². The van der Waals surface area contributed by atoms with E-state index in [4.69, 9.17) is 4.42 Å². The normalized spacial score (nSPS) is 14.8. The third-order valence-corrected chi connectivity index (χ3v) is 4.14. The molecule has 3 nitrogen and oxygen atoms in total. The molecule has 1 atom stereocenters. The first-order chi connectivity index (χ1) is 11.4. The third-order valence-electron chi connectivity index (χ3n) is 4.14. The maximum atomic E-state index is 10.6. The zero-order valence-corrected chi connectivity index (χ0v) is 15.3. The molecule has 0 aliphatic heterocycles.